The van der Waals surface area contributed by atoms with Crippen LogP contribution in [0.3, 0.4) is 0 Å². The normalized spacial score (nSPS) is 17.0. The highest BCUT2D eigenvalue weighted by Gasteiger charge is 2.23. The number of esters is 1. The Morgan fingerprint density at radius 1 is 1.29 bits per heavy atom. The number of carbonyl (C=O) groups excluding carboxylic acids is 1. The first-order valence-electron chi connectivity index (χ1n) is 6.07. The molecule has 0 spiro atoms. The lowest BCUT2D eigenvalue weighted by Gasteiger charge is -2.14. The quantitative estimate of drug-likeness (QED) is 0.744. The van der Waals surface area contributed by atoms with E-state index in [4.69, 9.17) is 4.74 Å². The first-order valence-corrected chi connectivity index (χ1v) is 6.07. The molecule has 1 unspecified atom stereocenters. The summed E-state index contributed by atoms with van der Waals surface area (Å²) in [5.41, 5.74) is 5.09. The number of hydrogen-bond acceptors (Lipinski definition) is 2. The lowest BCUT2D eigenvalue weighted by molar-refractivity contribution is -0.143. The van der Waals surface area contributed by atoms with E-state index >= 15 is 0 Å². The van der Waals surface area contributed by atoms with E-state index in [-0.39, 0.29) is 11.9 Å². The average Bonchev–Trinajstić information content (AvgIpc) is 2.69. The van der Waals surface area contributed by atoms with Crippen molar-refractivity contribution in [2.24, 2.45) is 0 Å². The fraction of sp³-hybridized carbons (Fsp3) is 0.400. The molecule has 0 amide bonds. The van der Waals surface area contributed by atoms with Crippen LogP contribution in [0, 0.1) is 13.8 Å². The lowest BCUT2D eigenvalue weighted by Crippen LogP contribution is -2.09. The number of benzene rings is 1. The van der Waals surface area contributed by atoms with Gasteiger partial charge in [0.15, 0.2) is 0 Å². The highest BCUT2D eigenvalue weighted by molar-refractivity contribution is 5.75. The topological polar surface area (TPSA) is 26.3 Å². The molecule has 0 radical (unpaired) electrons. The molecule has 0 fully saturated rings. The van der Waals surface area contributed by atoms with Gasteiger partial charge in [0.2, 0.25) is 0 Å². The zero-order valence-electron chi connectivity index (χ0n) is 10.6. The molecule has 0 saturated carbocycles. The van der Waals surface area contributed by atoms with E-state index in [2.05, 4.69) is 38.1 Å². The maximum Gasteiger partial charge on any atom is 0.306 e. The Morgan fingerprint density at radius 2 is 2.00 bits per heavy atom. The molecule has 1 aliphatic rings. The summed E-state index contributed by atoms with van der Waals surface area (Å²) in [6.07, 6.45) is 4.69. The monoisotopic (exact) mass is 230 g/mol. The van der Waals surface area contributed by atoms with Crippen molar-refractivity contribution in [3.63, 3.8) is 0 Å². The van der Waals surface area contributed by atoms with Crippen LogP contribution < -0.4 is 0 Å². The molecule has 2 nitrogen and oxygen atoms in total. The van der Waals surface area contributed by atoms with Crippen LogP contribution in [0.4, 0.5) is 0 Å². The number of carbonyl (C=O) groups is 1. The van der Waals surface area contributed by atoms with E-state index in [1.165, 1.54) is 22.3 Å². The second kappa shape index (κ2) is 4.74. The minimum atomic E-state index is -0.115. The Hall–Kier alpha value is -1.57. The molecule has 0 aromatic heterocycles. The van der Waals surface area contributed by atoms with Crippen molar-refractivity contribution in [3.8, 4) is 0 Å². The van der Waals surface area contributed by atoms with Gasteiger partial charge in [0.05, 0.1) is 13.0 Å². The van der Waals surface area contributed by atoms with Crippen LogP contribution in [-0.4, -0.2) is 12.6 Å². The van der Waals surface area contributed by atoms with Crippen LogP contribution in [-0.2, 0) is 9.53 Å². The third-order valence-electron chi connectivity index (χ3n) is 3.28. The summed E-state index contributed by atoms with van der Waals surface area (Å²) < 4.78 is 5.02. The smallest absolute Gasteiger partial charge is 0.306 e. The van der Waals surface area contributed by atoms with Gasteiger partial charge in [-0.2, -0.15) is 0 Å². The molecular weight excluding hydrogens is 212 g/mol. The van der Waals surface area contributed by atoms with Gasteiger partial charge in [0, 0.05) is 5.92 Å². The Labute approximate surface area is 102 Å². The van der Waals surface area contributed by atoms with E-state index in [1.54, 1.807) is 0 Å². The van der Waals surface area contributed by atoms with Crippen molar-refractivity contribution in [1.29, 1.82) is 0 Å². The van der Waals surface area contributed by atoms with Crippen LogP contribution in [0.5, 0.6) is 0 Å². The Bertz CT molecular complexity index is 472. The van der Waals surface area contributed by atoms with E-state index in [9.17, 15) is 4.79 Å². The molecule has 17 heavy (non-hydrogen) atoms. The SMILES string of the molecule is CCOC(=O)CC1C=Cc2c(C)ccc(C)c21. The number of rotatable bonds is 3. The number of ether oxygens (including phenoxy) is 1. The van der Waals surface area contributed by atoms with Gasteiger partial charge in [0.1, 0.15) is 0 Å². The second-order valence-electron chi connectivity index (χ2n) is 4.50. The Kier molecular flexibility index (Phi) is 3.32. The molecule has 0 aliphatic heterocycles. The van der Waals surface area contributed by atoms with Crippen molar-refractivity contribution >= 4 is 12.0 Å². The predicted molar refractivity (Wildman–Crippen MR) is 68.9 cm³/mol. The highest BCUT2D eigenvalue weighted by atomic mass is 16.5. The van der Waals surface area contributed by atoms with Gasteiger partial charge in [-0.05, 0) is 43.0 Å². The summed E-state index contributed by atoms with van der Waals surface area (Å²) in [5.74, 6) is 0.0693. The first kappa shape index (κ1) is 11.9. The van der Waals surface area contributed by atoms with Crippen LogP contribution >= 0.6 is 0 Å². The van der Waals surface area contributed by atoms with E-state index in [0.717, 1.165) is 0 Å². The molecule has 1 atom stereocenters. The molecule has 1 aromatic rings. The molecule has 0 saturated heterocycles. The van der Waals surface area contributed by atoms with Crippen LogP contribution in [0.25, 0.3) is 6.08 Å². The van der Waals surface area contributed by atoms with Crippen LogP contribution in [0.1, 0.15) is 41.5 Å². The van der Waals surface area contributed by atoms with E-state index in [1.807, 2.05) is 6.92 Å². The van der Waals surface area contributed by atoms with Crippen molar-refractivity contribution in [3.05, 3.63) is 40.5 Å². The van der Waals surface area contributed by atoms with Gasteiger partial charge in [-0.15, -0.1) is 0 Å². The minimum Gasteiger partial charge on any atom is -0.466 e. The van der Waals surface area contributed by atoms with Gasteiger partial charge in [0.25, 0.3) is 0 Å². The summed E-state index contributed by atoms with van der Waals surface area (Å²) in [6.45, 7) is 6.50. The number of aryl methyl sites for hydroxylation is 2. The minimum absolute atomic E-state index is 0.115. The zero-order chi connectivity index (χ0) is 12.4. The third kappa shape index (κ3) is 2.26. The average molecular weight is 230 g/mol. The summed E-state index contributed by atoms with van der Waals surface area (Å²) in [5, 5.41) is 0. The van der Waals surface area contributed by atoms with Gasteiger partial charge in [-0.3, -0.25) is 4.79 Å². The lowest BCUT2D eigenvalue weighted by atomic mass is 9.91. The first-order chi connectivity index (χ1) is 8.13. The number of fused-ring (bicyclic) bond motifs is 1. The summed E-state index contributed by atoms with van der Waals surface area (Å²) >= 11 is 0. The summed E-state index contributed by atoms with van der Waals surface area (Å²) in [4.78, 5) is 11.5. The molecule has 0 N–H and O–H groups in total. The fourth-order valence-corrected chi connectivity index (χ4v) is 2.45. The standard InChI is InChI=1S/C15H18O2/c1-4-17-14(16)9-12-7-8-13-10(2)5-6-11(3)15(12)13/h5-8,12H,4,9H2,1-3H3. The highest BCUT2D eigenvalue weighted by Crippen LogP contribution is 2.36. The zero-order valence-corrected chi connectivity index (χ0v) is 10.6. The molecule has 90 valence electrons. The second-order valence-corrected chi connectivity index (χ2v) is 4.50. The molecule has 1 aromatic carbocycles. The summed E-state index contributed by atoms with van der Waals surface area (Å²) in [7, 11) is 0. The maximum atomic E-state index is 11.5. The fourth-order valence-electron chi connectivity index (χ4n) is 2.45. The maximum absolute atomic E-state index is 11.5. The largest absolute Gasteiger partial charge is 0.466 e. The number of allylic oxidation sites excluding steroid dienone is 1. The number of hydrogen-bond donors (Lipinski definition) is 0. The van der Waals surface area contributed by atoms with Crippen molar-refractivity contribution in [2.75, 3.05) is 6.61 Å². The van der Waals surface area contributed by atoms with Gasteiger partial charge < -0.3 is 4.74 Å². The molecule has 0 bridgehead atoms. The Balaban J connectivity index is 2.25. The Morgan fingerprint density at radius 3 is 2.71 bits per heavy atom. The van der Waals surface area contributed by atoms with Crippen LogP contribution in [0.2, 0.25) is 0 Å². The van der Waals surface area contributed by atoms with Crippen LogP contribution in [0.15, 0.2) is 18.2 Å². The molecule has 0 heterocycles. The van der Waals surface area contributed by atoms with Crippen molar-refractivity contribution in [1.82, 2.24) is 0 Å². The van der Waals surface area contributed by atoms with Gasteiger partial charge >= 0.3 is 5.97 Å². The molecule has 2 rings (SSSR count). The van der Waals surface area contributed by atoms with Gasteiger partial charge in [-0.25, -0.2) is 0 Å². The summed E-state index contributed by atoms with van der Waals surface area (Å²) in [6, 6.07) is 4.25. The van der Waals surface area contributed by atoms with E-state index in [0.29, 0.717) is 13.0 Å². The van der Waals surface area contributed by atoms with E-state index < -0.39 is 0 Å². The van der Waals surface area contributed by atoms with Crippen molar-refractivity contribution in [2.45, 2.75) is 33.1 Å². The third-order valence-corrected chi connectivity index (χ3v) is 3.28. The predicted octanol–water partition coefficient (Wildman–Crippen LogP) is 3.37. The molecular formula is C15H18O2. The van der Waals surface area contributed by atoms with Gasteiger partial charge in [-0.1, -0.05) is 24.3 Å². The van der Waals surface area contributed by atoms with Crippen molar-refractivity contribution < 1.29 is 9.53 Å². The molecule has 1 aliphatic carbocycles. The molecule has 2 heteroatoms.